The molecule has 4 N–H and O–H groups in total. The quantitative estimate of drug-likeness (QED) is 0.544. The van der Waals surface area contributed by atoms with Gasteiger partial charge in [-0.15, -0.1) is 0 Å². The lowest BCUT2D eigenvalue weighted by Gasteiger charge is -2.28. The molecule has 0 bridgehead atoms. The van der Waals surface area contributed by atoms with Gasteiger partial charge in [0.1, 0.15) is 0 Å². The molecule has 0 saturated carbocycles. The van der Waals surface area contributed by atoms with Crippen molar-refractivity contribution in [2.75, 3.05) is 13.2 Å². The summed E-state index contributed by atoms with van der Waals surface area (Å²) in [5, 5.41) is 17.2. The number of hydrogen-bond donors (Lipinski definition) is 3. The second-order valence-corrected chi connectivity index (χ2v) is 3.91. The molecular formula is C10H20N2O4. The number of carbonyl (C=O) groups excluding carboxylic acids is 1. The molecule has 0 saturated heterocycles. The molecule has 0 aromatic rings. The third kappa shape index (κ3) is 5.09. The topological polar surface area (TPSA) is 104 Å². The van der Waals surface area contributed by atoms with Gasteiger partial charge in [0, 0.05) is 19.2 Å². The first kappa shape index (κ1) is 14.9. The summed E-state index contributed by atoms with van der Waals surface area (Å²) in [7, 11) is 0. The number of carboxylic acids is 1. The summed E-state index contributed by atoms with van der Waals surface area (Å²) in [4.78, 5) is 23.7. The summed E-state index contributed by atoms with van der Waals surface area (Å²) in [6.45, 7) is 4.02. The van der Waals surface area contributed by atoms with Gasteiger partial charge in [-0.1, -0.05) is 0 Å². The molecule has 1 amide bonds. The molecule has 0 aromatic carbocycles. The van der Waals surface area contributed by atoms with Gasteiger partial charge >= 0.3 is 5.97 Å². The lowest BCUT2D eigenvalue weighted by molar-refractivity contribution is -0.142. The molecule has 0 aliphatic rings. The second kappa shape index (κ2) is 7.19. The van der Waals surface area contributed by atoms with Gasteiger partial charge in [0.25, 0.3) is 0 Å². The van der Waals surface area contributed by atoms with Crippen LogP contribution in [0.1, 0.15) is 26.7 Å². The van der Waals surface area contributed by atoms with Crippen molar-refractivity contribution < 1.29 is 19.8 Å². The van der Waals surface area contributed by atoms with E-state index in [-0.39, 0.29) is 25.0 Å². The number of nitrogens with zero attached hydrogens (tertiary/aromatic N) is 1. The Hall–Kier alpha value is -1.14. The molecule has 0 radical (unpaired) electrons. The molecule has 0 rings (SSSR count). The zero-order valence-electron chi connectivity index (χ0n) is 9.72. The van der Waals surface area contributed by atoms with E-state index in [1.54, 1.807) is 0 Å². The number of carboxylic acid groups (broad SMARTS) is 1. The molecule has 0 aliphatic heterocycles. The number of aliphatic hydroxyl groups excluding tert-OH is 1. The van der Waals surface area contributed by atoms with Crippen LogP contribution in [0.2, 0.25) is 0 Å². The van der Waals surface area contributed by atoms with E-state index in [1.807, 2.05) is 13.8 Å². The first-order valence-electron chi connectivity index (χ1n) is 5.28. The van der Waals surface area contributed by atoms with Crippen LogP contribution >= 0.6 is 0 Å². The van der Waals surface area contributed by atoms with E-state index in [0.29, 0.717) is 13.0 Å². The average Bonchev–Trinajstić information content (AvgIpc) is 2.16. The molecule has 0 aromatic heterocycles. The van der Waals surface area contributed by atoms with Gasteiger partial charge in [0.2, 0.25) is 5.91 Å². The summed E-state index contributed by atoms with van der Waals surface area (Å²) < 4.78 is 0. The maximum atomic E-state index is 11.8. The van der Waals surface area contributed by atoms with Crippen molar-refractivity contribution in [1.82, 2.24) is 4.90 Å². The van der Waals surface area contributed by atoms with E-state index in [4.69, 9.17) is 15.9 Å². The maximum Gasteiger partial charge on any atom is 0.305 e. The Morgan fingerprint density at radius 2 is 1.94 bits per heavy atom. The molecule has 0 aliphatic carbocycles. The summed E-state index contributed by atoms with van der Waals surface area (Å²) in [5.74, 6) is -1.47. The number of nitrogens with two attached hydrogens (primary N) is 1. The third-order valence-corrected chi connectivity index (χ3v) is 2.18. The highest BCUT2D eigenvalue weighted by atomic mass is 16.4. The lowest BCUT2D eigenvalue weighted by atomic mass is 10.1. The Labute approximate surface area is 95.0 Å². The minimum absolute atomic E-state index is 0.00926. The van der Waals surface area contributed by atoms with E-state index in [9.17, 15) is 9.59 Å². The van der Waals surface area contributed by atoms with Crippen LogP contribution in [0.15, 0.2) is 0 Å². The molecule has 0 spiro atoms. The van der Waals surface area contributed by atoms with E-state index in [2.05, 4.69) is 0 Å². The molecule has 0 heterocycles. The zero-order chi connectivity index (χ0) is 12.7. The van der Waals surface area contributed by atoms with E-state index >= 15 is 0 Å². The van der Waals surface area contributed by atoms with Crippen LogP contribution in [0.25, 0.3) is 0 Å². The van der Waals surface area contributed by atoms with Crippen molar-refractivity contribution in [2.45, 2.75) is 38.8 Å². The summed E-state index contributed by atoms with van der Waals surface area (Å²) in [5.41, 5.74) is 5.49. The Bertz CT molecular complexity index is 243. The van der Waals surface area contributed by atoms with Gasteiger partial charge in [-0.25, -0.2) is 0 Å². The maximum absolute atomic E-state index is 11.8. The van der Waals surface area contributed by atoms with E-state index < -0.39 is 12.0 Å². The number of aliphatic carboxylic acids is 1. The molecule has 1 atom stereocenters. The molecule has 6 nitrogen and oxygen atoms in total. The molecular weight excluding hydrogens is 212 g/mol. The van der Waals surface area contributed by atoms with Gasteiger partial charge in [0.05, 0.1) is 12.5 Å². The number of hydrogen-bond acceptors (Lipinski definition) is 4. The van der Waals surface area contributed by atoms with Crippen LogP contribution in [-0.2, 0) is 9.59 Å². The summed E-state index contributed by atoms with van der Waals surface area (Å²) in [6.07, 6.45) is 0.0882. The second-order valence-electron chi connectivity index (χ2n) is 3.91. The monoisotopic (exact) mass is 232 g/mol. The Morgan fingerprint density at radius 1 is 1.38 bits per heavy atom. The number of rotatable bonds is 7. The van der Waals surface area contributed by atoms with Crippen molar-refractivity contribution in [3.8, 4) is 0 Å². The standard InChI is InChI=1S/C10H20N2O4/c1-7(2)12(4-3-5-13)10(16)8(11)6-9(14)15/h7-8,13H,3-6,11H2,1-2H3,(H,14,15). The van der Waals surface area contributed by atoms with Crippen molar-refractivity contribution in [3.63, 3.8) is 0 Å². The molecule has 6 heteroatoms. The predicted molar refractivity (Wildman–Crippen MR) is 58.8 cm³/mol. The lowest BCUT2D eigenvalue weighted by Crippen LogP contribution is -2.48. The van der Waals surface area contributed by atoms with Gasteiger partial charge in [-0.05, 0) is 20.3 Å². The number of aliphatic hydroxyl groups is 1. The fraction of sp³-hybridized carbons (Fsp3) is 0.800. The van der Waals surface area contributed by atoms with Gasteiger partial charge in [-0.3, -0.25) is 9.59 Å². The van der Waals surface area contributed by atoms with Crippen molar-refractivity contribution in [2.24, 2.45) is 5.73 Å². The third-order valence-electron chi connectivity index (χ3n) is 2.18. The van der Waals surface area contributed by atoms with Gasteiger partial charge in [-0.2, -0.15) is 0 Å². The molecule has 94 valence electrons. The van der Waals surface area contributed by atoms with Gasteiger partial charge in [0.15, 0.2) is 0 Å². The van der Waals surface area contributed by atoms with Crippen molar-refractivity contribution in [1.29, 1.82) is 0 Å². The van der Waals surface area contributed by atoms with Crippen LogP contribution < -0.4 is 5.73 Å². The first-order chi connectivity index (χ1) is 7.40. The predicted octanol–water partition coefficient (Wildman–Crippen LogP) is -0.592. The Balaban J connectivity index is 4.41. The smallest absolute Gasteiger partial charge is 0.305 e. The van der Waals surface area contributed by atoms with E-state index in [1.165, 1.54) is 4.90 Å². The fourth-order valence-electron chi connectivity index (χ4n) is 1.35. The van der Waals surface area contributed by atoms with Crippen LogP contribution in [0.5, 0.6) is 0 Å². The Kier molecular flexibility index (Phi) is 6.67. The fourth-order valence-corrected chi connectivity index (χ4v) is 1.35. The van der Waals surface area contributed by atoms with Crippen LogP contribution in [0, 0.1) is 0 Å². The van der Waals surface area contributed by atoms with Gasteiger partial charge < -0.3 is 20.8 Å². The van der Waals surface area contributed by atoms with Crippen molar-refractivity contribution >= 4 is 11.9 Å². The minimum atomic E-state index is -1.09. The number of amides is 1. The van der Waals surface area contributed by atoms with Crippen LogP contribution in [0.4, 0.5) is 0 Å². The average molecular weight is 232 g/mol. The zero-order valence-corrected chi connectivity index (χ0v) is 9.72. The van der Waals surface area contributed by atoms with E-state index in [0.717, 1.165) is 0 Å². The first-order valence-corrected chi connectivity index (χ1v) is 5.28. The minimum Gasteiger partial charge on any atom is -0.481 e. The highest BCUT2D eigenvalue weighted by Gasteiger charge is 2.24. The normalized spacial score (nSPS) is 12.6. The SMILES string of the molecule is CC(C)N(CCCO)C(=O)C(N)CC(=O)O. The van der Waals surface area contributed by atoms with Crippen molar-refractivity contribution in [3.05, 3.63) is 0 Å². The van der Waals surface area contributed by atoms with Crippen LogP contribution in [0.3, 0.4) is 0 Å². The summed E-state index contributed by atoms with van der Waals surface area (Å²) in [6, 6.07) is -1.07. The largest absolute Gasteiger partial charge is 0.481 e. The highest BCUT2D eigenvalue weighted by Crippen LogP contribution is 2.04. The van der Waals surface area contributed by atoms with Crippen LogP contribution in [-0.4, -0.2) is 52.2 Å². The Morgan fingerprint density at radius 3 is 2.31 bits per heavy atom. The molecule has 1 unspecified atom stereocenters. The molecule has 16 heavy (non-hydrogen) atoms. The summed E-state index contributed by atoms with van der Waals surface area (Å²) >= 11 is 0. The highest BCUT2D eigenvalue weighted by molar-refractivity contribution is 5.86. The number of carbonyl (C=O) groups is 2. The molecule has 0 fully saturated rings.